The number of rotatable bonds is 6. The van der Waals surface area contributed by atoms with E-state index >= 15 is 0 Å². The summed E-state index contributed by atoms with van der Waals surface area (Å²) in [7, 11) is 0. The maximum atomic E-state index is 6.53. The zero-order valence-corrected chi connectivity index (χ0v) is 10.5. The molecular weight excluding hydrogens is 204 g/mol. The van der Waals surface area contributed by atoms with Gasteiger partial charge in [0.2, 0.25) is 0 Å². The van der Waals surface area contributed by atoms with E-state index in [0.717, 1.165) is 0 Å². The smallest absolute Gasteiger partial charge is 0.0613 e. The minimum atomic E-state index is 0.186. The first kappa shape index (κ1) is 12.6. The predicted molar refractivity (Wildman–Crippen MR) is 68.3 cm³/mol. The molecule has 0 aromatic heterocycles. The van der Waals surface area contributed by atoms with E-state index in [1.165, 1.54) is 31.2 Å². The molecule has 1 heteroatoms. The van der Waals surface area contributed by atoms with E-state index in [2.05, 4.69) is 38.1 Å². The van der Waals surface area contributed by atoms with Gasteiger partial charge in [0.15, 0.2) is 0 Å². The molecule has 1 atom stereocenters. The molecule has 0 aliphatic carbocycles. The monoisotopic (exact) mass is 224 g/mol. The highest BCUT2D eigenvalue weighted by molar-refractivity contribution is 6.21. The summed E-state index contributed by atoms with van der Waals surface area (Å²) in [6, 6.07) is 10.5. The van der Waals surface area contributed by atoms with Gasteiger partial charge < -0.3 is 0 Å². The molecule has 0 heterocycles. The summed E-state index contributed by atoms with van der Waals surface area (Å²) in [6.07, 6.45) is 4.91. The van der Waals surface area contributed by atoms with Crippen LogP contribution in [0, 0.1) is 5.92 Å². The van der Waals surface area contributed by atoms with Gasteiger partial charge in [0, 0.05) is 0 Å². The van der Waals surface area contributed by atoms with E-state index in [0.29, 0.717) is 5.92 Å². The summed E-state index contributed by atoms with van der Waals surface area (Å²) >= 11 is 6.53. The van der Waals surface area contributed by atoms with Gasteiger partial charge in [-0.05, 0) is 24.3 Å². The van der Waals surface area contributed by atoms with Crippen molar-refractivity contribution < 1.29 is 0 Å². The number of benzene rings is 1. The van der Waals surface area contributed by atoms with Crippen LogP contribution >= 0.6 is 11.6 Å². The van der Waals surface area contributed by atoms with Crippen LogP contribution in [0.25, 0.3) is 0 Å². The van der Waals surface area contributed by atoms with Crippen molar-refractivity contribution in [2.75, 3.05) is 0 Å². The lowest BCUT2D eigenvalue weighted by Gasteiger charge is -2.21. The van der Waals surface area contributed by atoms with Gasteiger partial charge >= 0.3 is 0 Å². The molecule has 1 unspecified atom stereocenters. The normalized spacial score (nSPS) is 13.1. The van der Waals surface area contributed by atoms with Gasteiger partial charge in [-0.15, -0.1) is 11.6 Å². The summed E-state index contributed by atoms with van der Waals surface area (Å²) in [5.74, 6) is 0.629. The van der Waals surface area contributed by atoms with Gasteiger partial charge in [0.1, 0.15) is 0 Å². The van der Waals surface area contributed by atoms with E-state index in [1.54, 1.807) is 0 Å². The van der Waals surface area contributed by atoms with Crippen molar-refractivity contribution in [3.05, 3.63) is 35.9 Å². The lowest BCUT2D eigenvalue weighted by molar-refractivity contribution is 0.426. The summed E-state index contributed by atoms with van der Waals surface area (Å²) < 4.78 is 0. The molecule has 1 aromatic carbocycles. The van der Waals surface area contributed by atoms with Crippen LogP contribution in [-0.4, -0.2) is 0 Å². The van der Waals surface area contributed by atoms with Crippen molar-refractivity contribution in [2.24, 2.45) is 5.92 Å². The molecule has 1 rings (SSSR count). The molecule has 0 aliphatic rings. The third kappa shape index (κ3) is 3.87. The lowest BCUT2D eigenvalue weighted by Crippen LogP contribution is -2.07. The topological polar surface area (TPSA) is 0 Å². The van der Waals surface area contributed by atoms with Crippen LogP contribution in [0.15, 0.2) is 30.3 Å². The Morgan fingerprint density at radius 2 is 1.53 bits per heavy atom. The van der Waals surface area contributed by atoms with Crippen LogP contribution < -0.4 is 0 Å². The predicted octanol–water partition coefficient (Wildman–Crippen LogP) is 5.18. The van der Waals surface area contributed by atoms with Gasteiger partial charge in [-0.3, -0.25) is 0 Å². The number of hydrogen-bond acceptors (Lipinski definition) is 0. The van der Waals surface area contributed by atoms with Crippen molar-refractivity contribution in [1.82, 2.24) is 0 Å². The highest BCUT2D eigenvalue weighted by atomic mass is 35.5. The summed E-state index contributed by atoms with van der Waals surface area (Å²) in [5, 5.41) is 0.186. The van der Waals surface area contributed by atoms with Crippen LogP contribution in [0.1, 0.15) is 50.5 Å². The van der Waals surface area contributed by atoms with E-state index in [4.69, 9.17) is 11.6 Å². The Bertz CT molecular complexity index is 249. The molecule has 15 heavy (non-hydrogen) atoms. The van der Waals surface area contributed by atoms with Crippen molar-refractivity contribution in [3.8, 4) is 0 Å². The minimum absolute atomic E-state index is 0.186. The lowest BCUT2D eigenvalue weighted by atomic mass is 9.90. The fourth-order valence-electron chi connectivity index (χ4n) is 2.09. The van der Waals surface area contributed by atoms with Gasteiger partial charge in [0.25, 0.3) is 0 Å². The van der Waals surface area contributed by atoms with Crippen molar-refractivity contribution in [3.63, 3.8) is 0 Å². The molecule has 1 aromatic rings. The van der Waals surface area contributed by atoms with Crippen LogP contribution in [0.2, 0.25) is 0 Å². The largest absolute Gasteiger partial charge is 0.118 e. The molecule has 0 nitrogen and oxygen atoms in total. The van der Waals surface area contributed by atoms with Crippen LogP contribution in [0.4, 0.5) is 0 Å². The Labute approximate surface area is 98.7 Å². The van der Waals surface area contributed by atoms with E-state index < -0.39 is 0 Å². The molecule has 0 amide bonds. The molecule has 0 fully saturated rings. The van der Waals surface area contributed by atoms with Crippen LogP contribution in [-0.2, 0) is 0 Å². The molecule has 0 bridgehead atoms. The Morgan fingerprint density at radius 3 is 2.00 bits per heavy atom. The fraction of sp³-hybridized carbons (Fsp3) is 0.571. The maximum absolute atomic E-state index is 6.53. The minimum Gasteiger partial charge on any atom is -0.118 e. The zero-order chi connectivity index (χ0) is 11.1. The summed E-state index contributed by atoms with van der Waals surface area (Å²) in [4.78, 5) is 0. The molecule has 0 radical (unpaired) electrons. The first-order chi connectivity index (χ1) is 7.29. The Morgan fingerprint density at radius 1 is 1.00 bits per heavy atom. The van der Waals surface area contributed by atoms with Gasteiger partial charge in [0.05, 0.1) is 5.38 Å². The first-order valence-corrected chi connectivity index (χ1v) is 6.42. The first-order valence-electron chi connectivity index (χ1n) is 5.98. The second kappa shape index (κ2) is 6.90. The Balaban J connectivity index is 2.67. The standard InChI is InChI=1S/C14H21Cl/c1-3-8-12(9-4-2)14(15)13-10-6-5-7-11-13/h5-7,10-12,14H,3-4,8-9H2,1-2H3. The van der Waals surface area contributed by atoms with E-state index in [9.17, 15) is 0 Å². The third-order valence-corrected chi connectivity index (χ3v) is 3.46. The molecule has 0 saturated heterocycles. The average Bonchev–Trinajstić information content (AvgIpc) is 2.29. The molecule has 84 valence electrons. The van der Waals surface area contributed by atoms with Crippen LogP contribution in [0.5, 0.6) is 0 Å². The van der Waals surface area contributed by atoms with Crippen LogP contribution in [0.3, 0.4) is 0 Å². The van der Waals surface area contributed by atoms with Gasteiger partial charge in [-0.1, -0.05) is 57.0 Å². The summed E-state index contributed by atoms with van der Waals surface area (Å²) in [6.45, 7) is 4.47. The highest BCUT2D eigenvalue weighted by Crippen LogP contribution is 2.34. The molecular formula is C14H21Cl. The van der Waals surface area contributed by atoms with Crippen molar-refractivity contribution in [2.45, 2.75) is 44.9 Å². The number of hydrogen-bond donors (Lipinski definition) is 0. The second-order valence-corrected chi connectivity index (χ2v) is 4.62. The molecule has 0 spiro atoms. The molecule has 0 aliphatic heterocycles. The highest BCUT2D eigenvalue weighted by Gasteiger charge is 2.18. The Hall–Kier alpha value is -0.490. The quantitative estimate of drug-likeness (QED) is 0.584. The second-order valence-electron chi connectivity index (χ2n) is 4.15. The SMILES string of the molecule is CCCC(CCC)C(Cl)c1ccccc1. The van der Waals surface area contributed by atoms with E-state index in [-0.39, 0.29) is 5.38 Å². The van der Waals surface area contributed by atoms with Crippen molar-refractivity contribution >= 4 is 11.6 Å². The number of halogens is 1. The Kier molecular flexibility index (Phi) is 5.78. The van der Waals surface area contributed by atoms with E-state index in [1.807, 2.05) is 6.07 Å². The number of alkyl halides is 1. The zero-order valence-electron chi connectivity index (χ0n) is 9.75. The van der Waals surface area contributed by atoms with Crippen molar-refractivity contribution in [1.29, 1.82) is 0 Å². The average molecular weight is 225 g/mol. The fourth-order valence-corrected chi connectivity index (χ4v) is 2.49. The maximum Gasteiger partial charge on any atom is 0.0613 e. The molecule has 0 N–H and O–H groups in total. The summed E-state index contributed by atoms with van der Waals surface area (Å²) in [5.41, 5.74) is 1.27. The third-order valence-electron chi connectivity index (χ3n) is 2.85. The van der Waals surface area contributed by atoms with Gasteiger partial charge in [-0.25, -0.2) is 0 Å². The molecule has 0 saturated carbocycles. The van der Waals surface area contributed by atoms with Gasteiger partial charge in [-0.2, -0.15) is 0 Å².